The van der Waals surface area contributed by atoms with Gasteiger partial charge in [0, 0.05) is 40.7 Å². The molecule has 110 valence electrons. The number of rotatable bonds is 6. The standard InChI is InChI=1S/C16H18BrN3O/c1-11-2-5-16(15(20-11)9-19-14-3-4-14)21-10-12-6-13(17)8-18-7-12/h2,5-8,14,19H,3-4,9-10H2,1H3. The van der Waals surface area contributed by atoms with E-state index in [0.29, 0.717) is 12.6 Å². The highest BCUT2D eigenvalue weighted by Crippen LogP contribution is 2.23. The molecule has 2 heterocycles. The molecule has 4 nitrogen and oxygen atoms in total. The SMILES string of the molecule is Cc1ccc(OCc2cncc(Br)c2)c(CNC2CC2)n1. The fraction of sp³-hybridized carbons (Fsp3) is 0.375. The van der Waals surface area contributed by atoms with E-state index < -0.39 is 0 Å². The Morgan fingerprint density at radius 2 is 2.19 bits per heavy atom. The summed E-state index contributed by atoms with van der Waals surface area (Å²) in [6.45, 7) is 3.26. The molecule has 0 amide bonds. The summed E-state index contributed by atoms with van der Waals surface area (Å²) >= 11 is 3.42. The van der Waals surface area contributed by atoms with Crippen molar-refractivity contribution in [3.8, 4) is 5.75 Å². The fourth-order valence-corrected chi connectivity index (χ4v) is 2.49. The Hall–Kier alpha value is -1.46. The minimum Gasteiger partial charge on any atom is -0.487 e. The summed E-state index contributed by atoms with van der Waals surface area (Å²) in [6, 6.07) is 6.65. The van der Waals surface area contributed by atoms with E-state index in [2.05, 4.69) is 31.2 Å². The Bertz CT molecular complexity index is 629. The minimum absolute atomic E-state index is 0.494. The maximum atomic E-state index is 5.92. The van der Waals surface area contributed by atoms with Crippen LogP contribution < -0.4 is 10.1 Å². The van der Waals surface area contributed by atoms with Crippen LogP contribution in [0, 0.1) is 6.92 Å². The first-order valence-corrected chi connectivity index (χ1v) is 7.92. The van der Waals surface area contributed by atoms with Gasteiger partial charge in [0.1, 0.15) is 12.4 Å². The van der Waals surface area contributed by atoms with Crippen LogP contribution in [0.3, 0.4) is 0 Å². The van der Waals surface area contributed by atoms with Crippen LogP contribution in [-0.2, 0) is 13.2 Å². The summed E-state index contributed by atoms with van der Waals surface area (Å²) in [5, 5.41) is 3.49. The number of halogens is 1. The van der Waals surface area contributed by atoms with Gasteiger partial charge >= 0.3 is 0 Å². The van der Waals surface area contributed by atoms with Gasteiger partial charge in [0.15, 0.2) is 0 Å². The van der Waals surface area contributed by atoms with Crippen molar-refractivity contribution < 1.29 is 4.74 Å². The van der Waals surface area contributed by atoms with Gasteiger partial charge in [0.25, 0.3) is 0 Å². The zero-order chi connectivity index (χ0) is 14.7. The second-order valence-electron chi connectivity index (χ2n) is 5.35. The highest BCUT2D eigenvalue weighted by Gasteiger charge is 2.21. The van der Waals surface area contributed by atoms with Gasteiger partial charge in [-0.1, -0.05) is 0 Å². The van der Waals surface area contributed by atoms with Gasteiger partial charge in [-0.15, -0.1) is 0 Å². The maximum absolute atomic E-state index is 5.92. The van der Waals surface area contributed by atoms with Gasteiger partial charge in [-0.2, -0.15) is 0 Å². The Morgan fingerprint density at radius 1 is 1.33 bits per heavy atom. The lowest BCUT2D eigenvalue weighted by atomic mass is 10.2. The predicted molar refractivity (Wildman–Crippen MR) is 85.1 cm³/mol. The summed E-state index contributed by atoms with van der Waals surface area (Å²) in [7, 11) is 0. The van der Waals surface area contributed by atoms with Crippen LogP contribution in [0.1, 0.15) is 29.8 Å². The summed E-state index contributed by atoms with van der Waals surface area (Å²) in [5.41, 5.74) is 3.02. The summed E-state index contributed by atoms with van der Waals surface area (Å²) in [5.74, 6) is 0.841. The van der Waals surface area contributed by atoms with Crippen LogP contribution in [-0.4, -0.2) is 16.0 Å². The number of pyridine rings is 2. The summed E-state index contributed by atoms with van der Waals surface area (Å²) < 4.78 is 6.88. The average Bonchev–Trinajstić information content (AvgIpc) is 3.28. The van der Waals surface area contributed by atoms with Gasteiger partial charge < -0.3 is 10.1 Å². The van der Waals surface area contributed by atoms with Crippen molar-refractivity contribution in [3.63, 3.8) is 0 Å². The van der Waals surface area contributed by atoms with Crippen LogP contribution in [0.5, 0.6) is 5.75 Å². The molecular weight excluding hydrogens is 330 g/mol. The lowest BCUT2D eigenvalue weighted by Gasteiger charge is -2.12. The van der Waals surface area contributed by atoms with E-state index in [1.165, 1.54) is 12.8 Å². The zero-order valence-electron chi connectivity index (χ0n) is 12.0. The quantitative estimate of drug-likeness (QED) is 0.870. The molecule has 3 rings (SSSR count). The van der Waals surface area contributed by atoms with E-state index in [-0.39, 0.29) is 0 Å². The first-order chi connectivity index (χ1) is 10.2. The zero-order valence-corrected chi connectivity index (χ0v) is 13.6. The number of aryl methyl sites for hydroxylation is 1. The molecule has 0 radical (unpaired) electrons. The molecule has 1 N–H and O–H groups in total. The van der Waals surface area contributed by atoms with Crippen molar-refractivity contribution in [2.75, 3.05) is 0 Å². The van der Waals surface area contributed by atoms with Crippen molar-refractivity contribution in [2.24, 2.45) is 0 Å². The van der Waals surface area contributed by atoms with E-state index in [1.807, 2.05) is 31.3 Å². The Balaban J connectivity index is 1.68. The fourth-order valence-electron chi connectivity index (χ4n) is 2.08. The smallest absolute Gasteiger partial charge is 0.142 e. The number of nitrogens with zero attached hydrogens (tertiary/aromatic N) is 2. The van der Waals surface area contributed by atoms with Crippen molar-refractivity contribution in [2.45, 2.75) is 39.0 Å². The summed E-state index contributed by atoms with van der Waals surface area (Å²) in [4.78, 5) is 8.74. The van der Waals surface area contributed by atoms with Gasteiger partial charge in [-0.05, 0) is 53.9 Å². The minimum atomic E-state index is 0.494. The number of aromatic nitrogens is 2. The Morgan fingerprint density at radius 3 is 2.95 bits per heavy atom. The van der Waals surface area contributed by atoms with E-state index in [4.69, 9.17) is 4.74 Å². The van der Waals surface area contributed by atoms with Crippen LogP contribution in [0.2, 0.25) is 0 Å². The van der Waals surface area contributed by atoms with Gasteiger partial charge in [0.05, 0.1) is 5.69 Å². The molecule has 0 atom stereocenters. The monoisotopic (exact) mass is 347 g/mol. The maximum Gasteiger partial charge on any atom is 0.142 e. The lowest BCUT2D eigenvalue weighted by Crippen LogP contribution is -2.17. The van der Waals surface area contributed by atoms with Crippen LogP contribution in [0.4, 0.5) is 0 Å². The van der Waals surface area contributed by atoms with Crippen molar-refractivity contribution in [3.05, 3.63) is 52.0 Å². The van der Waals surface area contributed by atoms with Gasteiger partial charge in [0.2, 0.25) is 0 Å². The molecular formula is C16H18BrN3O. The number of hydrogen-bond acceptors (Lipinski definition) is 4. The highest BCUT2D eigenvalue weighted by molar-refractivity contribution is 9.10. The first-order valence-electron chi connectivity index (χ1n) is 7.13. The van der Waals surface area contributed by atoms with E-state index in [0.717, 1.165) is 33.7 Å². The highest BCUT2D eigenvalue weighted by atomic mass is 79.9. The van der Waals surface area contributed by atoms with E-state index in [1.54, 1.807) is 6.20 Å². The number of ether oxygens (including phenoxy) is 1. The second-order valence-corrected chi connectivity index (χ2v) is 6.27. The van der Waals surface area contributed by atoms with Crippen LogP contribution in [0.25, 0.3) is 0 Å². The largest absolute Gasteiger partial charge is 0.487 e. The van der Waals surface area contributed by atoms with E-state index in [9.17, 15) is 0 Å². The lowest BCUT2D eigenvalue weighted by molar-refractivity contribution is 0.299. The summed E-state index contributed by atoms with van der Waals surface area (Å²) in [6.07, 6.45) is 6.12. The molecule has 0 unspecified atom stereocenters. The van der Waals surface area contributed by atoms with Crippen molar-refractivity contribution >= 4 is 15.9 Å². The van der Waals surface area contributed by atoms with Gasteiger partial charge in [-0.3, -0.25) is 9.97 Å². The topological polar surface area (TPSA) is 47.0 Å². The van der Waals surface area contributed by atoms with Crippen LogP contribution in [0.15, 0.2) is 35.1 Å². The van der Waals surface area contributed by atoms with Crippen LogP contribution >= 0.6 is 15.9 Å². The molecule has 0 saturated heterocycles. The first kappa shape index (κ1) is 14.5. The number of nitrogens with one attached hydrogen (secondary N) is 1. The van der Waals surface area contributed by atoms with Gasteiger partial charge in [-0.25, -0.2) is 0 Å². The Labute approximate surface area is 133 Å². The van der Waals surface area contributed by atoms with Crippen molar-refractivity contribution in [1.82, 2.24) is 15.3 Å². The molecule has 1 fully saturated rings. The third-order valence-corrected chi connectivity index (χ3v) is 3.80. The average molecular weight is 348 g/mol. The van der Waals surface area contributed by atoms with Crippen molar-refractivity contribution in [1.29, 1.82) is 0 Å². The Kier molecular flexibility index (Phi) is 4.51. The molecule has 21 heavy (non-hydrogen) atoms. The molecule has 2 aromatic heterocycles. The molecule has 0 aliphatic heterocycles. The molecule has 0 aromatic carbocycles. The predicted octanol–water partition coefficient (Wildman–Crippen LogP) is 3.38. The molecule has 2 aromatic rings. The number of hydrogen-bond donors (Lipinski definition) is 1. The molecule has 5 heteroatoms. The molecule has 0 spiro atoms. The molecule has 0 bridgehead atoms. The second kappa shape index (κ2) is 6.54. The van der Waals surface area contributed by atoms with E-state index >= 15 is 0 Å². The molecule has 1 saturated carbocycles. The third kappa shape index (κ3) is 4.25. The molecule has 1 aliphatic rings. The molecule has 1 aliphatic carbocycles. The third-order valence-electron chi connectivity index (χ3n) is 3.36. The normalized spacial score (nSPS) is 14.2.